The molecule has 0 spiro atoms. The van der Waals surface area contributed by atoms with Crippen LogP contribution in [-0.2, 0) is 4.74 Å². The van der Waals surface area contributed by atoms with Gasteiger partial charge in [-0.15, -0.1) is 0 Å². The van der Waals surface area contributed by atoms with Crippen LogP contribution in [0.1, 0.15) is 56.0 Å². The Labute approximate surface area is 209 Å². The summed E-state index contributed by atoms with van der Waals surface area (Å²) in [6.45, 7) is 7.68. The SMILES string of the molecule is Cc1cccc(-c2cn3c(n2)sc2cc(C(=O)CC4CC(N(C)C(=O)OC(C)(C)C)C4)ccc23)c1. The molecule has 6 nitrogen and oxygen atoms in total. The van der Waals surface area contributed by atoms with Gasteiger partial charge in [-0.3, -0.25) is 9.20 Å². The minimum absolute atomic E-state index is 0.137. The number of Topliss-reactive ketones (excluding diaryl/α,β-unsaturated/α-hetero) is 1. The zero-order valence-electron chi connectivity index (χ0n) is 20.9. The van der Waals surface area contributed by atoms with Gasteiger partial charge in [0.15, 0.2) is 10.7 Å². The number of benzene rings is 2. The number of fused-ring (bicyclic) bond motifs is 3. The highest BCUT2D eigenvalue weighted by molar-refractivity contribution is 7.23. The summed E-state index contributed by atoms with van der Waals surface area (Å²) in [6.07, 6.45) is 3.94. The number of ether oxygens (including phenoxy) is 1. The molecule has 1 saturated carbocycles. The second-order valence-corrected chi connectivity index (χ2v) is 11.7. The summed E-state index contributed by atoms with van der Waals surface area (Å²) < 4.78 is 8.62. The Balaban J connectivity index is 1.24. The third-order valence-electron chi connectivity index (χ3n) is 6.64. The summed E-state index contributed by atoms with van der Waals surface area (Å²) >= 11 is 1.61. The van der Waals surface area contributed by atoms with Crippen molar-refractivity contribution >= 4 is 38.4 Å². The molecule has 5 rings (SSSR count). The first-order valence-electron chi connectivity index (χ1n) is 12.0. The summed E-state index contributed by atoms with van der Waals surface area (Å²) in [5.74, 6) is 0.451. The zero-order valence-corrected chi connectivity index (χ0v) is 21.7. The highest BCUT2D eigenvalue weighted by Gasteiger charge is 2.36. The van der Waals surface area contributed by atoms with Crippen LogP contribution in [0.25, 0.3) is 26.4 Å². The minimum Gasteiger partial charge on any atom is -0.444 e. The number of carbonyl (C=O) groups is 2. The van der Waals surface area contributed by atoms with Crippen LogP contribution in [0.15, 0.2) is 48.7 Å². The molecule has 0 saturated heterocycles. The Bertz CT molecular complexity index is 1420. The van der Waals surface area contributed by atoms with Crippen LogP contribution in [0.2, 0.25) is 0 Å². The molecule has 2 aromatic heterocycles. The lowest BCUT2D eigenvalue weighted by Gasteiger charge is -2.41. The fraction of sp³-hybridized carbons (Fsp3) is 0.393. The number of rotatable bonds is 5. The average molecular weight is 490 g/mol. The molecule has 35 heavy (non-hydrogen) atoms. The molecule has 0 N–H and O–H groups in total. The lowest BCUT2D eigenvalue weighted by molar-refractivity contribution is 0.00636. The monoisotopic (exact) mass is 489 g/mol. The van der Waals surface area contributed by atoms with Crippen molar-refractivity contribution in [3.63, 3.8) is 0 Å². The van der Waals surface area contributed by atoms with Crippen LogP contribution >= 0.6 is 11.3 Å². The quantitative estimate of drug-likeness (QED) is 0.291. The van der Waals surface area contributed by atoms with E-state index < -0.39 is 5.60 Å². The number of aromatic nitrogens is 2. The van der Waals surface area contributed by atoms with E-state index in [0.29, 0.717) is 12.3 Å². The van der Waals surface area contributed by atoms with Crippen molar-refractivity contribution in [3.8, 4) is 11.3 Å². The van der Waals surface area contributed by atoms with Gasteiger partial charge in [0, 0.05) is 36.8 Å². The van der Waals surface area contributed by atoms with Gasteiger partial charge in [0.1, 0.15) is 5.60 Å². The second-order valence-electron chi connectivity index (χ2n) is 10.6. The van der Waals surface area contributed by atoms with Gasteiger partial charge in [-0.2, -0.15) is 0 Å². The minimum atomic E-state index is -0.505. The van der Waals surface area contributed by atoms with Crippen LogP contribution in [0.5, 0.6) is 0 Å². The predicted octanol–water partition coefficient (Wildman–Crippen LogP) is 6.74. The van der Waals surface area contributed by atoms with Gasteiger partial charge in [-0.05, 0) is 70.7 Å². The Morgan fingerprint density at radius 2 is 1.94 bits per heavy atom. The molecule has 0 bridgehead atoms. The van der Waals surface area contributed by atoms with Gasteiger partial charge in [-0.1, -0.05) is 35.1 Å². The largest absolute Gasteiger partial charge is 0.444 e. The van der Waals surface area contributed by atoms with Gasteiger partial charge in [0.2, 0.25) is 0 Å². The van der Waals surface area contributed by atoms with Crippen molar-refractivity contribution in [2.45, 2.75) is 58.6 Å². The molecule has 2 aromatic carbocycles. The number of aryl methyl sites for hydroxylation is 1. The molecule has 0 unspecified atom stereocenters. The van der Waals surface area contributed by atoms with Crippen molar-refractivity contribution in [1.29, 1.82) is 0 Å². The topological polar surface area (TPSA) is 63.9 Å². The van der Waals surface area contributed by atoms with Crippen LogP contribution < -0.4 is 0 Å². The molecule has 4 aromatic rings. The number of ketones is 1. The van der Waals surface area contributed by atoms with Gasteiger partial charge in [-0.25, -0.2) is 9.78 Å². The van der Waals surface area contributed by atoms with E-state index in [9.17, 15) is 9.59 Å². The molecule has 7 heteroatoms. The lowest BCUT2D eigenvalue weighted by atomic mass is 9.76. The first-order valence-corrected chi connectivity index (χ1v) is 12.9. The fourth-order valence-corrected chi connectivity index (χ4v) is 5.71. The van der Waals surface area contributed by atoms with E-state index in [4.69, 9.17) is 9.72 Å². The normalized spacial score (nSPS) is 18.0. The Hall–Kier alpha value is -3.19. The third-order valence-corrected chi connectivity index (χ3v) is 7.66. The fourth-order valence-electron chi connectivity index (χ4n) is 4.66. The van der Waals surface area contributed by atoms with Crippen LogP contribution in [0, 0.1) is 12.8 Å². The summed E-state index contributed by atoms with van der Waals surface area (Å²) in [7, 11) is 1.78. The second kappa shape index (κ2) is 8.79. The van der Waals surface area contributed by atoms with E-state index in [0.717, 1.165) is 44.8 Å². The first kappa shape index (κ1) is 23.5. The summed E-state index contributed by atoms with van der Waals surface area (Å²) in [5.41, 5.74) is 4.57. The van der Waals surface area contributed by atoms with Crippen molar-refractivity contribution in [2.24, 2.45) is 5.92 Å². The summed E-state index contributed by atoms with van der Waals surface area (Å²) in [4.78, 5) is 32.7. The van der Waals surface area contributed by atoms with Crippen molar-refractivity contribution in [1.82, 2.24) is 14.3 Å². The van der Waals surface area contributed by atoms with E-state index >= 15 is 0 Å². The highest BCUT2D eigenvalue weighted by atomic mass is 32.1. The van der Waals surface area contributed by atoms with Gasteiger partial charge < -0.3 is 9.64 Å². The highest BCUT2D eigenvalue weighted by Crippen LogP contribution is 2.36. The maximum Gasteiger partial charge on any atom is 0.410 e. The van der Waals surface area contributed by atoms with E-state index in [-0.39, 0.29) is 17.9 Å². The zero-order chi connectivity index (χ0) is 24.9. The van der Waals surface area contributed by atoms with E-state index in [2.05, 4.69) is 35.7 Å². The number of carbonyl (C=O) groups excluding carboxylic acids is 2. The number of imidazole rings is 1. The van der Waals surface area contributed by atoms with Crippen LogP contribution in [-0.4, -0.2) is 44.9 Å². The van der Waals surface area contributed by atoms with Crippen molar-refractivity contribution in [3.05, 3.63) is 59.8 Å². The molecule has 182 valence electrons. The van der Waals surface area contributed by atoms with E-state index in [1.54, 1.807) is 23.3 Å². The Kier molecular flexibility index (Phi) is 5.91. The smallest absolute Gasteiger partial charge is 0.410 e. The molecule has 1 fully saturated rings. The standard InChI is InChI=1S/C28H31N3O3S/c1-17-7-6-8-19(11-17)22-16-31-23-10-9-20(15-25(23)35-26(31)29-22)24(32)14-18-12-21(13-18)30(5)27(33)34-28(2,3)4/h6-11,15-16,18,21H,12-14H2,1-5H3. The van der Waals surface area contributed by atoms with Crippen molar-refractivity contribution in [2.75, 3.05) is 7.05 Å². The number of nitrogens with zero attached hydrogens (tertiary/aromatic N) is 3. The van der Waals surface area contributed by atoms with E-state index in [1.807, 2.05) is 45.0 Å². The molecule has 1 aliphatic carbocycles. The molecule has 1 amide bonds. The van der Waals surface area contributed by atoms with Crippen molar-refractivity contribution < 1.29 is 14.3 Å². The maximum atomic E-state index is 13.0. The Morgan fingerprint density at radius 1 is 1.17 bits per heavy atom. The van der Waals surface area contributed by atoms with Crippen LogP contribution in [0.4, 0.5) is 4.79 Å². The number of hydrogen-bond acceptors (Lipinski definition) is 5. The summed E-state index contributed by atoms with van der Waals surface area (Å²) in [6, 6.07) is 14.4. The van der Waals surface area contributed by atoms with Gasteiger partial charge in [0.25, 0.3) is 0 Å². The Morgan fingerprint density at radius 3 is 2.66 bits per heavy atom. The number of thiazole rings is 1. The molecule has 0 radical (unpaired) electrons. The van der Waals surface area contributed by atoms with Gasteiger partial charge in [0.05, 0.1) is 15.9 Å². The van der Waals surface area contributed by atoms with Gasteiger partial charge >= 0.3 is 6.09 Å². The maximum absolute atomic E-state index is 13.0. The first-order chi connectivity index (χ1) is 16.6. The lowest BCUT2D eigenvalue weighted by Crippen LogP contribution is -2.47. The summed E-state index contributed by atoms with van der Waals surface area (Å²) in [5, 5.41) is 0. The molecular weight excluding hydrogens is 458 g/mol. The molecule has 1 aliphatic rings. The molecule has 2 heterocycles. The van der Waals surface area contributed by atoms with Crippen LogP contribution in [0.3, 0.4) is 0 Å². The third kappa shape index (κ3) is 4.82. The number of hydrogen-bond donors (Lipinski definition) is 0. The average Bonchev–Trinajstić information content (AvgIpc) is 3.31. The number of amides is 1. The predicted molar refractivity (Wildman–Crippen MR) is 140 cm³/mol. The van der Waals surface area contributed by atoms with E-state index in [1.165, 1.54) is 5.56 Å². The molecule has 0 aliphatic heterocycles. The molecule has 0 atom stereocenters. The molecular formula is C28H31N3O3S.